The van der Waals surface area contributed by atoms with Crippen LogP contribution in [-0.2, 0) is 12.3 Å². The van der Waals surface area contributed by atoms with Gasteiger partial charge in [0.25, 0.3) is 5.56 Å². The molecule has 0 aliphatic carbocycles. The molecule has 3 aromatic heterocycles. The van der Waals surface area contributed by atoms with Crippen LogP contribution < -0.4 is 16.4 Å². The Morgan fingerprint density at radius 3 is 2.76 bits per heavy atom. The molecule has 0 aromatic carbocycles. The molecule has 0 spiro atoms. The van der Waals surface area contributed by atoms with Crippen LogP contribution in [0.3, 0.4) is 0 Å². The number of thioether (sulfide) groups is 1. The van der Waals surface area contributed by atoms with Gasteiger partial charge in [0, 0.05) is 60.7 Å². The number of anilines is 1. The topological polar surface area (TPSA) is 107 Å². The molecular formula is C25H34N6O2S. The molecule has 0 aliphatic heterocycles. The predicted molar refractivity (Wildman–Crippen MR) is 140 cm³/mol. The fourth-order valence-electron chi connectivity index (χ4n) is 3.82. The minimum atomic E-state index is -0.173. The molecule has 3 heterocycles. The van der Waals surface area contributed by atoms with Crippen molar-refractivity contribution in [1.82, 2.24) is 24.8 Å². The average molecular weight is 483 g/mol. The van der Waals surface area contributed by atoms with Gasteiger partial charge in [-0.05, 0) is 49.8 Å². The largest absolute Gasteiger partial charge is 0.355 e. The third-order valence-electron chi connectivity index (χ3n) is 5.42. The van der Waals surface area contributed by atoms with Crippen LogP contribution in [0, 0.1) is 0 Å². The van der Waals surface area contributed by atoms with E-state index in [0.29, 0.717) is 18.1 Å². The van der Waals surface area contributed by atoms with Crippen molar-refractivity contribution in [3.63, 3.8) is 0 Å². The Morgan fingerprint density at radius 2 is 2.03 bits per heavy atom. The third-order valence-corrected chi connectivity index (χ3v) is 6.41. The van der Waals surface area contributed by atoms with Crippen molar-refractivity contribution in [2.24, 2.45) is 0 Å². The van der Waals surface area contributed by atoms with E-state index >= 15 is 0 Å². The highest BCUT2D eigenvalue weighted by atomic mass is 32.2. The normalized spacial score (nSPS) is 12.1. The fraction of sp³-hybridized carbons (Fsp3) is 0.440. The summed E-state index contributed by atoms with van der Waals surface area (Å²) in [6.07, 6.45) is 7.88. The van der Waals surface area contributed by atoms with Crippen molar-refractivity contribution >= 4 is 17.7 Å². The lowest BCUT2D eigenvalue weighted by molar-refractivity contribution is 0.402. The Labute approximate surface area is 204 Å². The summed E-state index contributed by atoms with van der Waals surface area (Å²) in [5.74, 6) is 2.00. The second kappa shape index (κ2) is 13.1. The highest BCUT2D eigenvalue weighted by Crippen LogP contribution is 2.26. The molecule has 0 amide bonds. The molecule has 182 valence electrons. The van der Waals surface area contributed by atoms with Crippen molar-refractivity contribution in [2.45, 2.75) is 44.4 Å². The molecule has 8 nitrogen and oxygen atoms in total. The van der Waals surface area contributed by atoms with Gasteiger partial charge in [0.15, 0.2) is 0 Å². The maximum atomic E-state index is 12.8. The van der Waals surface area contributed by atoms with Gasteiger partial charge >= 0.3 is 0 Å². The number of aromatic nitrogens is 4. The van der Waals surface area contributed by atoms with Gasteiger partial charge in [-0.3, -0.25) is 19.6 Å². The van der Waals surface area contributed by atoms with Gasteiger partial charge in [0.05, 0.1) is 5.69 Å². The molecular weight excluding hydrogens is 448 g/mol. The number of H-pyrrole nitrogens is 2. The van der Waals surface area contributed by atoms with Crippen LogP contribution >= 0.6 is 11.8 Å². The third kappa shape index (κ3) is 7.85. The van der Waals surface area contributed by atoms with Crippen molar-refractivity contribution in [1.29, 1.82) is 0 Å². The Balaban J connectivity index is 1.55. The fourth-order valence-corrected chi connectivity index (χ4v) is 4.58. The van der Waals surface area contributed by atoms with E-state index in [9.17, 15) is 9.59 Å². The van der Waals surface area contributed by atoms with Crippen LogP contribution in [0.5, 0.6) is 0 Å². The number of rotatable bonds is 13. The number of hydrogen-bond acceptors (Lipinski definition) is 7. The van der Waals surface area contributed by atoms with Gasteiger partial charge in [-0.2, -0.15) is 11.8 Å². The summed E-state index contributed by atoms with van der Waals surface area (Å²) < 4.78 is 0. The summed E-state index contributed by atoms with van der Waals surface area (Å²) in [7, 11) is 4.11. The molecule has 3 N–H and O–H groups in total. The SMILES string of the molecule is CCCCC(c1cc[nH]c(=O)c1)c1cnc(NCCSCc2cc(CN(C)C)ccn2)[nH]c1=O. The van der Waals surface area contributed by atoms with Crippen LogP contribution in [0.2, 0.25) is 0 Å². The molecule has 0 saturated heterocycles. The number of nitrogens with zero attached hydrogens (tertiary/aromatic N) is 3. The van der Waals surface area contributed by atoms with Crippen LogP contribution in [0.25, 0.3) is 0 Å². The lowest BCUT2D eigenvalue weighted by atomic mass is 9.89. The molecule has 9 heteroatoms. The molecule has 0 fully saturated rings. The molecule has 1 atom stereocenters. The summed E-state index contributed by atoms with van der Waals surface area (Å²) >= 11 is 1.78. The zero-order valence-electron chi connectivity index (χ0n) is 20.1. The molecule has 1 unspecified atom stereocenters. The molecule has 34 heavy (non-hydrogen) atoms. The maximum absolute atomic E-state index is 12.8. The van der Waals surface area contributed by atoms with E-state index < -0.39 is 0 Å². The van der Waals surface area contributed by atoms with E-state index in [-0.39, 0.29) is 17.0 Å². The summed E-state index contributed by atoms with van der Waals surface area (Å²) in [6.45, 7) is 3.69. The van der Waals surface area contributed by atoms with Crippen molar-refractivity contribution < 1.29 is 0 Å². The van der Waals surface area contributed by atoms with Gasteiger partial charge < -0.3 is 15.2 Å². The molecule has 0 saturated carbocycles. The molecule has 0 bridgehead atoms. The Hall–Kier alpha value is -2.91. The van der Waals surface area contributed by atoms with E-state index in [2.05, 4.69) is 57.2 Å². The van der Waals surface area contributed by atoms with Gasteiger partial charge in [-0.1, -0.05) is 19.8 Å². The predicted octanol–water partition coefficient (Wildman–Crippen LogP) is 3.58. The summed E-state index contributed by atoms with van der Waals surface area (Å²) in [4.78, 5) is 41.2. The van der Waals surface area contributed by atoms with E-state index in [1.165, 1.54) is 5.56 Å². The van der Waals surface area contributed by atoms with Gasteiger partial charge in [-0.25, -0.2) is 4.98 Å². The van der Waals surface area contributed by atoms with Crippen LogP contribution in [0.1, 0.15) is 54.5 Å². The molecule has 0 radical (unpaired) electrons. The van der Waals surface area contributed by atoms with E-state index in [1.54, 1.807) is 30.2 Å². The highest BCUT2D eigenvalue weighted by Gasteiger charge is 2.18. The Bertz CT molecular complexity index is 1160. The minimum absolute atomic E-state index is 0.154. The van der Waals surface area contributed by atoms with E-state index in [0.717, 1.165) is 48.6 Å². The summed E-state index contributed by atoms with van der Waals surface area (Å²) in [5, 5.41) is 3.20. The first-order chi connectivity index (χ1) is 16.5. The maximum Gasteiger partial charge on any atom is 0.256 e. The lowest BCUT2D eigenvalue weighted by Crippen LogP contribution is -2.21. The second-order valence-corrected chi connectivity index (χ2v) is 9.68. The van der Waals surface area contributed by atoms with Gasteiger partial charge in [-0.15, -0.1) is 0 Å². The van der Waals surface area contributed by atoms with E-state index in [4.69, 9.17) is 0 Å². The van der Waals surface area contributed by atoms with Crippen LogP contribution in [-0.4, -0.2) is 51.2 Å². The lowest BCUT2D eigenvalue weighted by Gasteiger charge is -2.16. The number of hydrogen-bond donors (Lipinski definition) is 3. The monoisotopic (exact) mass is 482 g/mol. The van der Waals surface area contributed by atoms with Crippen LogP contribution in [0.4, 0.5) is 5.95 Å². The minimum Gasteiger partial charge on any atom is -0.355 e. The van der Waals surface area contributed by atoms with Crippen LogP contribution in [0.15, 0.2) is 52.4 Å². The highest BCUT2D eigenvalue weighted by molar-refractivity contribution is 7.98. The molecule has 0 aliphatic rings. The first-order valence-electron chi connectivity index (χ1n) is 11.6. The molecule has 3 aromatic rings. The summed E-state index contributed by atoms with van der Waals surface area (Å²) in [5.41, 5.74) is 3.41. The standard InChI is InChI=1S/C25H34N6O2S/c1-4-5-6-21(19-8-10-27-23(32)14-19)22-15-29-25(30-24(22)33)28-11-12-34-17-20-13-18(7-9-26-20)16-31(2)3/h7-10,13-15,21H,4-6,11-12,16-17H2,1-3H3,(H,27,32)(H2,28,29,30,33). The van der Waals surface area contributed by atoms with E-state index in [1.807, 2.05) is 18.3 Å². The smallest absolute Gasteiger partial charge is 0.256 e. The number of pyridine rings is 2. The zero-order chi connectivity index (χ0) is 24.3. The Kier molecular flexibility index (Phi) is 9.90. The summed E-state index contributed by atoms with van der Waals surface area (Å²) in [6, 6.07) is 7.61. The number of unbranched alkanes of at least 4 members (excludes halogenated alkanes) is 1. The second-order valence-electron chi connectivity index (χ2n) is 8.57. The molecule has 3 rings (SSSR count). The first kappa shape index (κ1) is 25.7. The first-order valence-corrected chi connectivity index (χ1v) is 12.8. The van der Waals surface area contributed by atoms with Gasteiger partial charge in [0.1, 0.15) is 0 Å². The quantitative estimate of drug-likeness (QED) is 0.320. The van der Waals surface area contributed by atoms with Crippen molar-refractivity contribution in [3.05, 3.63) is 85.9 Å². The number of aromatic amines is 2. The number of nitrogens with one attached hydrogen (secondary N) is 3. The van der Waals surface area contributed by atoms with Gasteiger partial charge in [0.2, 0.25) is 11.5 Å². The van der Waals surface area contributed by atoms with Crippen molar-refractivity contribution in [2.75, 3.05) is 31.7 Å². The zero-order valence-corrected chi connectivity index (χ0v) is 21.0. The Morgan fingerprint density at radius 1 is 1.18 bits per heavy atom. The average Bonchev–Trinajstić information content (AvgIpc) is 2.80. The van der Waals surface area contributed by atoms with Crippen molar-refractivity contribution in [3.8, 4) is 0 Å².